The van der Waals surface area contributed by atoms with Crippen molar-refractivity contribution in [2.24, 2.45) is 4.99 Å². The predicted octanol–water partition coefficient (Wildman–Crippen LogP) is 3.33. The molecule has 1 amide bonds. The normalized spacial score (nSPS) is 14.3. The molecule has 2 aromatic rings. The molecule has 3 N–H and O–H groups in total. The highest BCUT2D eigenvalue weighted by Gasteiger charge is 2.43. The number of aliphatic imine (C=N–C) groups is 1. The number of halogens is 1. The fourth-order valence-electron chi connectivity index (χ4n) is 3.25. The molecule has 0 atom stereocenters. The number of hydrogen-bond acceptors (Lipinski definition) is 3. The molecule has 0 unspecified atom stereocenters. The summed E-state index contributed by atoms with van der Waals surface area (Å²) in [5.74, 6) is 1.42. The van der Waals surface area contributed by atoms with E-state index in [-0.39, 0.29) is 35.3 Å². The quantitative estimate of drug-likeness (QED) is 0.205. The minimum Gasteiger partial charge on any atom is -0.497 e. The van der Waals surface area contributed by atoms with Gasteiger partial charge in [0.15, 0.2) is 5.96 Å². The van der Waals surface area contributed by atoms with Crippen molar-refractivity contribution in [3.8, 4) is 5.75 Å². The summed E-state index contributed by atoms with van der Waals surface area (Å²) < 4.78 is 5.11. The Balaban J connectivity index is 0.00000320. The topological polar surface area (TPSA) is 74.8 Å². The third-order valence-corrected chi connectivity index (χ3v) is 5.18. The Hall–Kier alpha value is -2.29. The lowest BCUT2D eigenvalue weighted by Crippen LogP contribution is -2.42. The molecule has 0 saturated heterocycles. The number of ether oxygens (including phenoxy) is 1. The summed E-state index contributed by atoms with van der Waals surface area (Å²) in [6.07, 6.45) is 2.36. The molecule has 1 fully saturated rings. The van der Waals surface area contributed by atoms with Gasteiger partial charge in [0.1, 0.15) is 5.75 Å². The number of nitrogens with zero attached hydrogens (tertiary/aromatic N) is 1. The molecule has 0 bridgehead atoms. The van der Waals surface area contributed by atoms with Crippen LogP contribution in [0.15, 0.2) is 59.6 Å². The number of benzene rings is 2. The standard InChI is InChI=1S/C23H30N4O2.HI/c1-3-24-22(27-17-23(13-14-23)19-7-5-4-6-8-19)26-16-15-25-21(28)18-9-11-20(29-2)12-10-18;/h4-12H,3,13-17H2,1-2H3,(H,25,28)(H2,24,26,27);1H. The molecule has 0 spiro atoms. The molecule has 1 aliphatic carbocycles. The van der Waals surface area contributed by atoms with Gasteiger partial charge in [-0.25, -0.2) is 0 Å². The molecular weight excluding hydrogens is 491 g/mol. The van der Waals surface area contributed by atoms with E-state index in [2.05, 4.69) is 46.3 Å². The van der Waals surface area contributed by atoms with Crippen LogP contribution in [-0.2, 0) is 5.41 Å². The summed E-state index contributed by atoms with van der Waals surface area (Å²) in [4.78, 5) is 17.0. The Labute approximate surface area is 195 Å². The van der Waals surface area contributed by atoms with Crippen molar-refractivity contribution in [2.75, 3.05) is 33.3 Å². The average Bonchev–Trinajstić information content (AvgIpc) is 3.56. The van der Waals surface area contributed by atoms with Crippen molar-refractivity contribution in [3.63, 3.8) is 0 Å². The van der Waals surface area contributed by atoms with E-state index >= 15 is 0 Å². The zero-order valence-electron chi connectivity index (χ0n) is 17.6. The number of carbonyl (C=O) groups is 1. The molecule has 7 heteroatoms. The summed E-state index contributed by atoms with van der Waals surface area (Å²) >= 11 is 0. The Morgan fingerprint density at radius 2 is 1.67 bits per heavy atom. The van der Waals surface area contributed by atoms with Crippen LogP contribution < -0.4 is 20.7 Å². The first-order valence-electron chi connectivity index (χ1n) is 10.2. The Morgan fingerprint density at radius 3 is 2.27 bits per heavy atom. The van der Waals surface area contributed by atoms with Gasteiger partial charge >= 0.3 is 0 Å². The van der Waals surface area contributed by atoms with Crippen LogP contribution in [0.2, 0.25) is 0 Å². The zero-order chi connectivity index (χ0) is 20.5. The van der Waals surface area contributed by atoms with Crippen molar-refractivity contribution in [3.05, 3.63) is 65.7 Å². The van der Waals surface area contributed by atoms with Crippen LogP contribution in [0.1, 0.15) is 35.7 Å². The molecule has 1 saturated carbocycles. The van der Waals surface area contributed by atoms with Crippen LogP contribution in [0, 0.1) is 0 Å². The maximum atomic E-state index is 12.2. The first-order valence-corrected chi connectivity index (χ1v) is 10.2. The van der Waals surface area contributed by atoms with Crippen LogP contribution in [-0.4, -0.2) is 45.2 Å². The van der Waals surface area contributed by atoms with Crippen molar-refractivity contribution in [1.82, 2.24) is 16.0 Å². The number of guanidine groups is 1. The van der Waals surface area contributed by atoms with Gasteiger partial charge in [0.25, 0.3) is 5.91 Å². The maximum absolute atomic E-state index is 12.2. The van der Waals surface area contributed by atoms with Gasteiger partial charge in [0.2, 0.25) is 0 Å². The van der Waals surface area contributed by atoms with Gasteiger partial charge in [-0.05, 0) is 49.6 Å². The first kappa shape index (κ1) is 24.0. The molecule has 162 valence electrons. The SMILES string of the molecule is CCNC(=NCC1(c2ccccc2)CC1)NCCNC(=O)c1ccc(OC)cc1.I. The highest BCUT2D eigenvalue weighted by Crippen LogP contribution is 2.48. The van der Waals surface area contributed by atoms with Gasteiger partial charge < -0.3 is 20.7 Å². The highest BCUT2D eigenvalue weighted by molar-refractivity contribution is 14.0. The van der Waals surface area contributed by atoms with Crippen molar-refractivity contribution >= 4 is 35.8 Å². The van der Waals surface area contributed by atoms with E-state index in [4.69, 9.17) is 9.73 Å². The summed E-state index contributed by atoms with van der Waals surface area (Å²) in [5, 5.41) is 9.50. The molecule has 30 heavy (non-hydrogen) atoms. The molecule has 0 aliphatic heterocycles. The van der Waals surface area contributed by atoms with Crippen LogP contribution in [0.3, 0.4) is 0 Å². The largest absolute Gasteiger partial charge is 0.497 e. The lowest BCUT2D eigenvalue weighted by atomic mass is 9.96. The smallest absolute Gasteiger partial charge is 0.251 e. The van der Waals surface area contributed by atoms with Gasteiger partial charge in [-0.15, -0.1) is 24.0 Å². The second-order valence-electron chi connectivity index (χ2n) is 7.25. The maximum Gasteiger partial charge on any atom is 0.251 e. The van der Waals surface area contributed by atoms with Gasteiger partial charge in [-0.1, -0.05) is 30.3 Å². The number of amides is 1. The van der Waals surface area contributed by atoms with E-state index in [1.54, 1.807) is 31.4 Å². The lowest BCUT2D eigenvalue weighted by Gasteiger charge is -2.16. The van der Waals surface area contributed by atoms with E-state index < -0.39 is 0 Å². The molecule has 1 aliphatic rings. The Bertz CT molecular complexity index is 821. The summed E-state index contributed by atoms with van der Waals surface area (Å²) in [5.41, 5.74) is 2.17. The summed E-state index contributed by atoms with van der Waals surface area (Å²) in [7, 11) is 1.61. The number of hydrogen-bond donors (Lipinski definition) is 3. The van der Waals surface area contributed by atoms with Crippen molar-refractivity contribution < 1.29 is 9.53 Å². The minimum atomic E-state index is -0.0996. The fraction of sp³-hybridized carbons (Fsp3) is 0.391. The Morgan fingerprint density at radius 1 is 1.00 bits per heavy atom. The van der Waals surface area contributed by atoms with E-state index in [9.17, 15) is 4.79 Å². The second-order valence-corrected chi connectivity index (χ2v) is 7.25. The molecule has 0 heterocycles. The molecule has 6 nitrogen and oxygen atoms in total. The van der Waals surface area contributed by atoms with Crippen molar-refractivity contribution in [2.45, 2.75) is 25.2 Å². The van der Waals surface area contributed by atoms with Crippen LogP contribution in [0.25, 0.3) is 0 Å². The van der Waals surface area contributed by atoms with Crippen LogP contribution in [0.4, 0.5) is 0 Å². The summed E-state index contributed by atoms with van der Waals surface area (Å²) in [6, 6.07) is 17.7. The first-order chi connectivity index (χ1) is 14.2. The number of carbonyl (C=O) groups excluding carboxylic acids is 1. The van der Waals surface area contributed by atoms with Gasteiger partial charge in [0.05, 0.1) is 13.7 Å². The second kappa shape index (κ2) is 11.8. The molecular formula is C23H31IN4O2. The summed E-state index contributed by atoms with van der Waals surface area (Å²) in [6.45, 7) is 4.73. The van der Waals surface area contributed by atoms with E-state index in [1.165, 1.54) is 18.4 Å². The highest BCUT2D eigenvalue weighted by atomic mass is 127. The predicted molar refractivity (Wildman–Crippen MR) is 132 cm³/mol. The van der Waals surface area contributed by atoms with E-state index in [0.29, 0.717) is 18.7 Å². The third-order valence-electron chi connectivity index (χ3n) is 5.18. The van der Waals surface area contributed by atoms with Crippen molar-refractivity contribution in [1.29, 1.82) is 0 Å². The number of nitrogens with one attached hydrogen (secondary N) is 3. The van der Waals surface area contributed by atoms with Crippen LogP contribution >= 0.6 is 24.0 Å². The molecule has 0 aromatic heterocycles. The van der Waals surface area contributed by atoms with E-state index in [0.717, 1.165) is 24.8 Å². The third kappa shape index (κ3) is 6.62. The van der Waals surface area contributed by atoms with E-state index in [1.807, 2.05) is 6.92 Å². The minimum absolute atomic E-state index is 0. The fourth-order valence-corrected chi connectivity index (χ4v) is 3.25. The van der Waals surface area contributed by atoms with Gasteiger partial charge in [-0.3, -0.25) is 9.79 Å². The monoisotopic (exact) mass is 522 g/mol. The molecule has 0 radical (unpaired) electrons. The number of rotatable bonds is 9. The zero-order valence-corrected chi connectivity index (χ0v) is 19.9. The Kier molecular flexibility index (Phi) is 9.42. The lowest BCUT2D eigenvalue weighted by molar-refractivity contribution is 0.0954. The van der Waals surface area contributed by atoms with Crippen LogP contribution in [0.5, 0.6) is 5.75 Å². The average molecular weight is 522 g/mol. The number of methoxy groups -OCH3 is 1. The molecule has 3 rings (SSSR count). The van der Waals surface area contributed by atoms with Gasteiger partial charge in [0, 0.05) is 30.6 Å². The van der Waals surface area contributed by atoms with Gasteiger partial charge in [-0.2, -0.15) is 0 Å². The molecule has 2 aromatic carbocycles.